The van der Waals surface area contributed by atoms with Crippen molar-refractivity contribution in [2.24, 2.45) is 0 Å². The van der Waals surface area contributed by atoms with Crippen LogP contribution in [0.15, 0.2) is 6.07 Å². The molecule has 0 saturated carbocycles. The van der Waals surface area contributed by atoms with Gasteiger partial charge in [0.1, 0.15) is 5.82 Å². The van der Waals surface area contributed by atoms with Gasteiger partial charge in [0.25, 0.3) is 6.43 Å². The molecular formula is C9H14F2N4O. The summed E-state index contributed by atoms with van der Waals surface area (Å²) in [4.78, 5) is 8.97. The SMILES string of the molecule is Cc1cc(N(CCO)CC(F)F)nc(N)n1. The summed E-state index contributed by atoms with van der Waals surface area (Å²) in [6.07, 6.45) is -2.50. The van der Waals surface area contributed by atoms with Gasteiger partial charge in [-0.1, -0.05) is 0 Å². The molecule has 0 spiro atoms. The van der Waals surface area contributed by atoms with E-state index >= 15 is 0 Å². The summed E-state index contributed by atoms with van der Waals surface area (Å²) in [6.45, 7) is 1.06. The number of anilines is 2. The molecule has 0 aliphatic carbocycles. The van der Waals surface area contributed by atoms with Crippen molar-refractivity contribution >= 4 is 11.8 Å². The van der Waals surface area contributed by atoms with Crippen LogP contribution in [-0.2, 0) is 0 Å². The van der Waals surface area contributed by atoms with Gasteiger partial charge in [-0.25, -0.2) is 13.8 Å². The van der Waals surface area contributed by atoms with Crippen LogP contribution in [0.1, 0.15) is 5.69 Å². The van der Waals surface area contributed by atoms with E-state index in [1.165, 1.54) is 4.90 Å². The van der Waals surface area contributed by atoms with Crippen molar-refractivity contribution in [1.82, 2.24) is 9.97 Å². The van der Waals surface area contributed by atoms with Crippen molar-refractivity contribution in [1.29, 1.82) is 0 Å². The van der Waals surface area contributed by atoms with Gasteiger partial charge in [0, 0.05) is 18.3 Å². The molecule has 1 aromatic rings. The molecule has 0 fully saturated rings. The Labute approximate surface area is 91.9 Å². The van der Waals surface area contributed by atoms with E-state index in [1.807, 2.05) is 0 Å². The molecule has 0 amide bonds. The number of alkyl halides is 2. The lowest BCUT2D eigenvalue weighted by Gasteiger charge is -2.22. The van der Waals surface area contributed by atoms with Gasteiger partial charge in [0.2, 0.25) is 5.95 Å². The van der Waals surface area contributed by atoms with Crippen molar-refractivity contribution in [3.63, 3.8) is 0 Å². The van der Waals surface area contributed by atoms with Crippen LogP contribution in [0.4, 0.5) is 20.5 Å². The number of nitrogens with zero attached hydrogens (tertiary/aromatic N) is 3. The van der Waals surface area contributed by atoms with Gasteiger partial charge in [0.15, 0.2) is 0 Å². The van der Waals surface area contributed by atoms with Crippen molar-refractivity contribution in [3.05, 3.63) is 11.8 Å². The molecule has 1 heterocycles. The molecule has 0 unspecified atom stereocenters. The fourth-order valence-corrected chi connectivity index (χ4v) is 1.32. The summed E-state index contributed by atoms with van der Waals surface area (Å²) in [7, 11) is 0. The molecule has 0 radical (unpaired) electrons. The first-order valence-electron chi connectivity index (χ1n) is 4.78. The zero-order chi connectivity index (χ0) is 12.1. The number of nitrogen functional groups attached to an aromatic ring is 1. The van der Waals surface area contributed by atoms with Crippen LogP contribution in [0.5, 0.6) is 0 Å². The minimum atomic E-state index is -2.50. The molecule has 16 heavy (non-hydrogen) atoms. The van der Waals surface area contributed by atoms with E-state index in [9.17, 15) is 8.78 Å². The highest BCUT2D eigenvalue weighted by molar-refractivity contribution is 5.43. The average Bonchev–Trinajstić information content (AvgIpc) is 2.14. The first kappa shape index (κ1) is 12.6. The van der Waals surface area contributed by atoms with E-state index in [-0.39, 0.29) is 19.1 Å². The molecule has 0 atom stereocenters. The van der Waals surface area contributed by atoms with Crippen LogP contribution in [0.25, 0.3) is 0 Å². The summed E-state index contributed by atoms with van der Waals surface area (Å²) in [5, 5.41) is 8.79. The van der Waals surface area contributed by atoms with Crippen molar-refractivity contribution in [2.45, 2.75) is 13.3 Å². The second-order valence-corrected chi connectivity index (χ2v) is 3.29. The van der Waals surface area contributed by atoms with Crippen molar-refractivity contribution in [2.75, 3.05) is 30.3 Å². The molecule has 1 aromatic heterocycles. The molecule has 1 rings (SSSR count). The number of aliphatic hydroxyl groups excluding tert-OH is 1. The maximum Gasteiger partial charge on any atom is 0.255 e. The third-order valence-electron chi connectivity index (χ3n) is 1.91. The third-order valence-corrected chi connectivity index (χ3v) is 1.91. The molecule has 3 N–H and O–H groups in total. The lowest BCUT2D eigenvalue weighted by molar-refractivity contribution is 0.152. The zero-order valence-corrected chi connectivity index (χ0v) is 8.90. The van der Waals surface area contributed by atoms with Gasteiger partial charge in [-0.05, 0) is 6.92 Å². The molecule has 90 valence electrons. The topological polar surface area (TPSA) is 75.3 Å². The third kappa shape index (κ3) is 3.58. The monoisotopic (exact) mass is 232 g/mol. The maximum absolute atomic E-state index is 12.3. The quantitative estimate of drug-likeness (QED) is 0.770. The summed E-state index contributed by atoms with van der Waals surface area (Å²) in [5.74, 6) is 0.339. The van der Waals surface area contributed by atoms with Crippen LogP contribution >= 0.6 is 0 Å². The predicted molar refractivity (Wildman–Crippen MR) is 56.5 cm³/mol. The van der Waals surface area contributed by atoms with Crippen LogP contribution in [0.2, 0.25) is 0 Å². The van der Waals surface area contributed by atoms with Crippen molar-refractivity contribution < 1.29 is 13.9 Å². The second-order valence-electron chi connectivity index (χ2n) is 3.29. The predicted octanol–water partition coefficient (Wildman–Crippen LogP) is 0.431. The minimum absolute atomic E-state index is 0.0345. The molecular weight excluding hydrogens is 218 g/mol. The maximum atomic E-state index is 12.3. The molecule has 0 aliphatic rings. The van der Waals surface area contributed by atoms with Gasteiger partial charge in [-0.15, -0.1) is 0 Å². The average molecular weight is 232 g/mol. The normalized spacial score (nSPS) is 10.8. The van der Waals surface area contributed by atoms with Gasteiger partial charge in [-0.2, -0.15) is 4.98 Å². The standard InChI is InChI=1S/C9H14F2N4O/c1-6-4-8(14-9(12)13-6)15(2-3-16)5-7(10)11/h4,7,16H,2-3,5H2,1H3,(H2,12,13,14). The minimum Gasteiger partial charge on any atom is -0.395 e. The van der Waals surface area contributed by atoms with E-state index in [1.54, 1.807) is 13.0 Å². The Balaban J connectivity index is 2.90. The van der Waals surface area contributed by atoms with E-state index < -0.39 is 13.0 Å². The Kier molecular flexibility index (Phi) is 4.36. The number of aromatic nitrogens is 2. The van der Waals surface area contributed by atoms with Crippen LogP contribution < -0.4 is 10.6 Å². The zero-order valence-electron chi connectivity index (χ0n) is 8.90. The smallest absolute Gasteiger partial charge is 0.255 e. The summed E-state index contributed by atoms with van der Waals surface area (Å²) < 4.78 is 24.6. The number of rotatable bonds is 5. The van der Waals surface area contributed by atoms with Crippen LogP contribution in [0, 0.1) is 6.92 Å². The molecule has 0 aromatic carbocycles. The highest BCUT2D eigenvalue weighted by Gasteiger charge is 2.14. The van der Waals surface area contributed by atoms with E-state index in [0.717, 1.165) is 0 Å². The van der Waals surface area contributed by atoms with E-state index in [0.29, 0.717) is 11.5 Å². The first-order valence-corrected chi connectivity index (χ1v) is 4.78. The van der Waals surface area contributed by atoms with E-state index in [4.69, 9.17) is 10.8 Å². The Morgan fingerprint density at radius 2 is 2.19 bits per heavy atom. The summed E-state index contributed by atoms with van der Waals surface area (Å²) in [5.41, 5.74) is 6.02. The Morgan fingerprint density at radius 3 is 2.69 bits per heavy atom. The summed E-state index contributed by atoms with van der Waals surface area (Å²) in [6, 6.07) is 1.55. The molecule has 0 saturated heterocycles. The number of hydrogen-bond donors (Lipinski definition) is 2. The lowest BCUT2D eigenvalue weighted by atomic mass is 10.4. The fourth-order valence-electron chi connectivity index (χ4n) is 1.32. The first-order chi connectivity index (χ1) is 7.52. The van der Waals surface area contributed by atoms with Crippen LogP contribution in [-0.4, -0.2) is 41.2 Å². The highest BCUT2D eigenvalue weighted by Crippen LogP contribution is 2.14. The van der Waals surface area contributed by atoms with Crippen LogP contribution in [0.3, 0.4) is 0 Å². The Bertz CT molecular complexity index is 328. The largest absolute Gasteiger partial charge is 0.395 e. The van der Waals surface area contributed by atoms with Gasteiger partial charge < -0.3 is 15.7 Å². The Morgan fingerprint density at radius 1 is 1.50 bits per heavy atom. The highest BCUT2D eigenvalue weighted by atomic mass is 19.3. The lowest BCUT2D eigenvalue weighted by Crippen LogP contribution is -2.32. The molecule has 0 bridgehead atoms. The molecule has 0 aliphatic heterocycles. The van der Waals surface area contributed by atoms with E-state index in [2.05, 4.69) is 9.97 Å². The number of nitrogens with two attached hydrogens (primary N) is 1. The van der Waals surface area contributed by atoms with Crippen molar-refractivity contribution in [3.8, 4) is 0 Å². The fraction of sp³-hybridized carbons (Fsp3) is 0.556. The Hall–Kier alpha value is -1.50. The van der Waals surface area contributed by atoms with Gasteiger partial charge in [-0.3, -0.25) is 0 Å². The molecule has 7 heteroatoms. The number of aryl methyl sites for hydroxylation is 1. The van der Waals surface area contributed by atoms with Gasteiger partial charge >= 0.3 is 0 Å². The number of halogens is 2. The number of hydrogen-bond acceptors (Lipinski definition) is 5. The summed E-state index contributed by atoms with van der Waals surface area (Å²) >= 11 is 0. The van der Waals surface area contributed by atoms with Gasteiger partial charge in [0.05, 0.1) is 13.2 Å². The molecule has 5 nitrogen and oxygen atoms in total. The second kappa shape index (κ2) is 5.55. The number of aliphatic hydroxyl groups is 1.